The molecule has 7 nitrogen and oxygen atoms in total. The van der Waals surface area contributed by atoms with Gasteiger partial charge in [0, 0.05) is 0 Å². The standard InChI is InChI=1S/C7H4Cl3N5O2/c8-7(9,10)5(17)15-6-13-3-2(4(16)14-6)11-1-12-3/h1H,(H3,11,12,13,14,15,16,17). The van der Waals surface area contributed by atoms with E-state index in [2.05, 4.69) is 25.3 Å². The van der Waals surface area contributed by atoms with Crippen LogP contribution < -0.4 is 5.32 Å². The molecule has 0 aliphatic carbocycles. The predicted octanol–water partition coefficient (Wildman–Crippen LogP) is 1.37. The van der Waals surface area contributed by atoms with E-state index in [-0.39, 0.29) is 17.1 Å². The van der Waals surface area contributed by atoms with Crippen LogP contribution in [0.1, 0.15) is 0 Å². The van der Waals surface area contributed by atoms with Crippen molar-refractivity contribution in [3.8, 4) is 5.88 Å². The number of anilines is 1. The molecule has 0 saturated carbocycles. The largest absolute Gasteiger partial charge is 0.492 e. The lowest BCUT2D eigenvalue weighted by Gasteiger charge is -2.09. The molecule has 0 unspecified atom stereocenters. The minimum absolute atomic E-state index is 0.178. The molecule has 2 aromatic heterocycles. The van der Waals surface area contributed by atoms with E-state index in [1.54, 1.807) is 0 Å². The summed E-state index contributed by atoms with van der Waals surface area (Å²) in [4.78, 5) is 25.2. The second kappa shape index (κ2) is 4.17. The highest BCUT2D eigenvalue weighted by Crippen LogP contribution is 2.27. The number of alkyl halides is 3. The van der Waals surface area contributed by atoms with Crippen LogP contribution in [0, 0.1) is 0 Å². The third kappa shape index (κ3) is 2.51. The number of hydrogen-bond donors (Lipinski definition) is 3. The van der Waals surface area contributed by atoms with Crippen LogP contribution in [0.2, 0.25) is 0 Å². The molecule has 0 radical (unpaired) electrons. The number of nitrogens with one attached hydrogen (secondary N) is 2. The van der Waals surface area contributed by atoms with Crippen LogP contribution in [0.3, 0.4) is 0 Å². The van der Waals surface area contributed by atoms with E-state index < -0.39 is 15.6 Å². The Morgan fingerprint density at radius 3 is 2.76 bits per heavy atom. The summed E-state index contributed by atoms with van der Waals surface area (Å²) >= 11 is 16.1. The number of nitrogens with zero attached hydrogens (tertiary/aromatic N) is 3. The number of H-pyrrole nitrogens is 1. The number of carbonyl (C=O) groups excluding carboxylic acids is 1. The van der Waals surface area contributed by atoms with Gasteiger partial charge in [0.2, 0.25) is 11.8 Å². The van der Waals surface area contributed by atoms with Gasteiger partial charge in [-0.3, -0.25) is 10.1 Å². The third-order valence-electron chi connectivity index (χ3n) is 1.74. The summed E-state index contributed by atoms with van der Waals surface area (Å²) < 4.78 is -2.14. The number of amides is 1. The van der Waals surface area contributed by atoms with E-state index in [0.717, 1.165) is 0 Å². The predicted molar refractivity (Wildman–Crippen MR) is 62.3 cm³/mol. The molecule has 10 heteroatoms. The van der Waals surface area contributed by atoms with Crippen LogP contribution in [0.15, 0.2) is 6.33 Å². The lowest BCUT2D eigenvalue weighted by atomic mass is 10.5. The number of aromatic amines is 1. The number of aromatic nitrogens is 4. The summed E-state index contributed by atoms with van der Waals surface area (Å²) in [6.45, 7) is 0. The first kappa shape index (κ1) is 12.2. The summed E-state index contributed by atoms with van der Waals surface area (Å²) in [5.41, 5.74) is 0.425. The summed E-state index contributed by atoms with van der Waals surface area (Å²) in [7, 11) is 0. The summed E-state index contributed by atoms with van der Waals surface area (Å²) in [5, 5.41) is 11.6. The highest BCUT2D eigenvalue weighted by molar-refractivity contribution is 6.76. The van der Waals surface area contributed by atoms with Gasteiger partial charge in [-0.05, 0) is 0 Å². The van der Waals surface area contributed by atoms with Crippen LogP contribution >= 0.6 is 34.8 Å². The van der Waals surface area contributed by atoms with E-state index >= 15 is 0 Å². The normalized spacial score (nSPS) is 11.7. The Morgan fingerprint density at radius 2 is 2.12 bits per heavy atom. The number of rotatable bonds is 1. The van der Waals surface area contributed by atoms with Crippen LogP contribution in [0.4, 0.5) is 5.95 Å². The fraction of sp³-hybridized carbons (Fsp3) is 0.143. The quantitative estimate of drug-likeness (QED) is 0.689. The summed E-state index contributed by atoms with van der Waals surface area (Å²) in [6, 6.07) is 0. The van der Waals surface area contributed by atoms with E-state index in [1.807, 2.05) is 0 Å². The minimum Gasteiger partial charge on any atom is -0.492 e. The SMILES string of the molecule is O=C(Nc1nc(O)c2nc[nH]c2n1)C(Cl)(Cl)Cl. The molecular formula is C7H4Cl3N5O2. The molecule has 2 aromatic rings. The van der Waals surface area contributed by atoms with Gasteiger partial charge in [0.1, 0.15) is 0 Å². The van der Waals surface area contributed by atoms with Gasteiger partial charge >= 0.3 is 0 Å². The van der Waals surface area contributed by atoms with E-state index in [9.17, 15) is 9.90 Å². The van der Waals surface area contributed by atoms with Crippen molar-refractivity contribution >= 4 is 57.8 Å². The summed E-state index contributed by atoms with van der Waals surface area (Å²) in [6.07, 6.45) is 1.32. The van der Waals surface area contributed by atoms with Crippen molar-refractivity contribution in [2.75, 3.05) is 5.32 Å². The molecule has 0 bridgehead atoms. The molecule has 0 fully saturated rings. The number of halogens is 3. The average Bonchev–Trinajstić information content (AvgIpc) is 2.64. The Bertz CT molecular complexity index is 578. The van der Waals surface area contributed by atoms with Gasteiger partial charge in [0.25, 0.3) is 9.70 Å². The maximum absolute atomic E-state index is 11.3. The first-order valence-corrected chi connectivity index (χ1v) is 5.29. The fourth-order valence-corrected chi connectivity index (χ4v) is 1.19. The third-order valence-corrected chi connectivity index (χ3v) is 2.26. The lowest BCUT2D eigenvalue weighted by Crippen LogP contribution is -2.27. The first-order valence-electron chi connectivity index (χ1n) is 4.16. The number of hydrogen-bond acceptors (Lipinski definition) is 5. The zero-order valence-electron chi connectivity index (χ0n) is 7.91. The van der Waals surface area contributed by atoms with Gasteiger partial charge in [-0.1, -0.05) is 34.8 Å². The number of fused-ring (bicyclic) bond motifs is 1. The van der Waals surface area contributed by atoms with Crippen LogP contribution in [-0.4, -0.2) is 34.7 Å². The average molecular weight is 297 g/mol. The topological polar surface area (TPSA) is 104 Å². The van der Waals surface area contributed by atoms with Crippen molar-refractivity contribution in [3.63, 3.8) is 0 Å². The second-order valence-electron chi connectivity index (χ2n) is 2.92. The highest BCUT2D eigenvalue weighted by Gasteiger charge is 2.31. The molecule has 2 heterocycles. The number of carbonyl (C=O) groups is 1. The molecular weight excluding hydrogens is 292 g/mol. The lowest BCUT2D eigenvalue weighted by molar-refractivity contribution is -0.115. The molecule has 3 N–H and O–H groups in total. The van der Waals surface area contributed by atoms with Crippen LogP contribution in [0.25, 0.3) is 11.2 Å². The monoisotopic (exact) mass is 295 g/mol. The molecule has 0 aliphatic heterocycles. The van der Waals surface area contributed by atoms with Crippen molar-refractivity contribution in [2.24, 2.45) is 0 Å². The molecule has 17 heavy (non-hydrogen) atoms. The Labute approximate surface area is 109 Å². The Balaban J connectivity index is 2.34. The molecule has 1 amide bonds. The second-order valence-corrected chi connectivity index (χ2v) is 5.20. The van der Waals surface area contributed by atoms with Crippen molar-refractivity contribution in [3.05, 3.63) is 6.33 Å². The van der Waals surface area contributed by atoms with Crippen molar-refractivity contribution < 1.29 is 9.90 Å². The Hall–Kier alpha value is -1.31. The molecule has 0 atom stereocenters. The Kier molecular flexibility index (Phi) is 2.98. The number of imidazole rings is 1. The maximum Gasteiger partial charge on any atom is 0.278 e. The van der Waals surface area contributed by atoms with Gasteiger partial charge in [0.05, 0.1) is 6.33 Å². The van der Waals surface area contributed by atoms with Crippen molar-refractivity contribution in [1.82, 2.24) is 19.9 Å². The highest BCUT2D eigenvalue weighted by atomic mass is 35.6. The minimum atomic E-state index is -2.14. The Morgan fingerprint density at radius 1 is 1.41 bits per heavy atom. The maximum atomic E-state index is 11.3. The van der Waals surface area contributed by atoms with Gasteiger partial charge < -0.3 is 10.1 Å². The fourth-order valence-electron chi connectivity index (χ4n) is 1.05. The first-order chi connectivity index (χ1) is 7.88. The van der Waals surface area contributed by atoms with E-state index in [4.69, 9.17) is 34.8 Å². The smallest absolute Gasteiger partial charge is 0.278 e. The van der Waals surface area contributed by atoms with Gasteiger partial charge in [0.15, 0.2) is 11.2 Å². The zero-order valence-corrected chi connectivity index (χ0v) is 10.2. The van der Waals surface area contributed by atoms with Crippen LogP contribution in [0.5, 0.6) is 5.88 Å². The molecule has 0 spiro atoms. The van der Waals surface area contributed by atoms with Gasteiger partial charge in [-0.2, -0.15) is 9.97 Å². The molecule has 2 rings (SSSR count). The zero-order chi connectivity index (χ0) is 12.6. The van der Waals surface area contributed by atoms with E-state index in [1.165, 1.54) is 6.33 Å². The summed E-state index contributed by atoms with van der Waals surface area (Å²) in [5.74, 6) is -1.52. The van der Waals surface area contributed by atoms with Crippen molar-refractivity contribution in [2.45, 2.75) is 3.79 Å². The van der Waals surface area contributed by atoms with Gasteiger partial charge in [-0.15, -0.1) is 0 Å². The number of aromatic hydroxyl groups is 1. The molecule has 0 aliphatic rings. The van der Waals surface area contributed by atoms with Crippen molar-refractivity contribution in [1.29, 1.82) is 0 Å². The molecule has 90 valence electrons. The molecule has 0 aromatic carbocycles. The van der Waals surface area contributed by atoms with E-state index in [0.29, 0.717) is 0 Å². The van der Waals surface area contributed by atoms with Gasteiger partial charge in [-0.25, -0.2) is 4.98 Å². The van der Waals surface area contributed by atoms with Crippen LogP contribution in [-0.2, 0) is 4.79 Å². The molecule has 0 saturated heterocycles.